The number of para-hydroxylation sites is 1. The van der Waals surface area contributed by atoms with Crippen molar-refractivity contribution in [2.45, 2.75) is 0 Å². The first kappa shape index (κ1) is 29.0. The lowest BCUT2D eigenvalue weighted by atomic mass is 9.97. The molecule has 0 radical (unpaired) electrons. The highest BCUT2D eigenvalue weighted by Crippen LogP contribution is 2.37. The van der Waals surface area contributed by atoms with Gasteiger partial charge in [-0.05, 0) is 45.5 Å². The average Bonchev–Trinajstić information content (AvgIpc) is 3.56. The Balaban J connectivity index is 1.13. The van der Waals surface area contributed by atoms with Crippen LogP contribution in [0.1, 0.15) is 0 Å². The van der Waals surface area contributed by atoms with Gasteiger partial charge >= 0.3 is 0 Å². The fraction of sp³-hybridized carbons (Fsp3) is 0. The molecule has 0 fully saturated rings. The molecule has 2 aromatic heterocycles. The third-order valence-electron chi connectivity index (χ3n) is 9.83. The Morgan fingerprint density at radius 2 is 0.882 bits per heavy atom. The molecule has 0 aliphatic heterocycles. The number of rotatable bonds is 5. The van der Waals surface area contributed by atoms with Crippen LogP contribution in [0.15, 0.2) is 182 Å². The summed E-state index contributed by atoms with van der Waals surface area (Å²) in [7, 11) is 0. The van der Waals surface area contributed by atoms with Gasteiger partial charge in [-0.15, -0.1) is 0 Å². The number of benzene rings is 8. The molecule has 4 nitrogen and oxygen atoms in total. The minimum absolute atomic E-state index is 0.629. The van der Waals surface area contributed by atoms with Gasteiger partial charge in [-0.1, -0.05) is 164 Å². The molecule has 0 saturated carbocycles. The molecule has 0 N–H and O–H groups in total. The minimum Gasteiger partial charge on any atom is -0.309 e. The quantitative estimate of drug-likeness (QED) is 0.186. The van der Waals surface area contributed by atoms with E-state index >= 15 is 0 Å². The van der Waals surface area contributed by atoms with Gasteiger partial charge in [0.15, 0.2) is 17.5 Å². The van der Waals surface area contributed by atoms with Crippen LogP contribution in [0.5, 0.6) is 0 Å². The highest BCUT2D eigenvalue weighted by molar-refractivity contribution is 6.18. The zero-order chi connectivity index (χ0) is 33.7. The van der Waals surface area contributed by atoms with Crippen molar-refractivity contribution in [3.63, 3.8) is 0 Å². The Kier molecular flexibility index (Phi) is 6.78. The fourth-order valence-corrected chi connectivity index (χ4v) is 7.41. The molecule has 51 heavy (non-hydrogen) atoms. The van der Waals surface area contributed by atoms with Crippen molar-refractivity contribution in [3.05, 3.63) is 182 Å². The van der Waals surface area contributed by atoms with E-state index in [1.807, 2.05) is 30.3 Å². The van der Waals surface area contributed by atoms with Crippen LogP contribution in [-0.2, 0) is 0 Å². The van der Waals surface area contributed by atoms with Crippen LogP contribution in [-0.4, -0.2) is 19.5 Å². The van der Waals surface area contributed by atoms with E-state index in [2.05, 4.69) is 156 Å². The van der Waals surface area contributed by atoms with Gasteiger partial charge in [0.2, 0.25) is 0 Å². The van der Waals surface area contributed by atoms with Crippen molar-refractivity contribution in [2.75, 3.05) is 0 Å². The lowest BCUT2D eigenvalue weighted by Gasteiger charge is -2.13. The van der Waals surface area contributed by atoms with Gasteiger partial charge in [0.05, 0.1) is 11.0 Å². The molecule has 238 valence electrons. The van der Waals surface area contributed by atoms with Crippen molar-refractivity contribution in [1.29, 1.82) is 0 Å². The van der Waals surface area contributed by atoms with Gasteiger partial charge < -0.3 is 4.57 Å². The molecule has 0 aliphatic rings. The fourth-order valence-electron chi connectivity index (χ4n) is 7.41. The van der Waals surface area contributed by atoms with E-state index < -0.39 is 0 Å². The van der Waals surface area contributed by atoms with Crippen molar-refractivity contribution in [3.8, 4) is 51.0 Å². The van der Waals surface area contributed by atoms with Crippen LogP contribution in [0.3, 0.4) is 0 Å². The summed E-state index contributed by atoms with van der Waals surface area (Å²) in [5, 5.41) is 7.35. The first-order valence-electron chi connectivity index (χ1n) is 17.2. The maximum atomic E-state index is 5.12. The molecule has 0 unspecified atom stereocenters. The average molecular weight is 651 g/mol. The Labute approximate surface area is 295 Å². The Morgan fingerprint density at radius 3 is 1.67 bits per heavy atom. The third kappa shape index (κ3) is 4.96. The summed E-state index contributed by atoms with van der Waals surface area (Å²) in [5.74, 6) is 1.91. The van der Waals surface area contributed by atoms with E-state index in [1.54, 1.807) is 0 Å². The summed E-state index contributed by atoms with van der Waals surface area (Å²) in [6, 6.07) is 63.9. The van der Waals surface area contributed by atoms with Gasteiger partial charge in [-0.3, -0.25) is 0 Å². The molecule has 0 bridgehead atoms. The molecule has 0 spiro atoms. The molecule has 10 rings (SSSR count). The van der Waals surface area contributed by atoms with E-state index in [0.29, 0.717) is 17.5 Å². The summed E-state index contributed by atoms with van der Waals surface area (Å²) in [5.41, 5.74) is 8.57. The maximum absolute atomic E-state index is 5.12. The van der Waals surface area contributed by atoms with Gasteiger partial charge in [-0.25, -0.2) is 15.0 Å². The SMILES string of the molecule is c1ccc(-c2nc(-c3ccc(-c4cccc5ccccc45)cc3)nc(-c3cccc(-n4c5ccccc5c5ccc6ccccc6c54)c3)n2)cc1. The van der Waals surface area contributed by atoms with Gasteiger partial charge in [0, 0.05) is 38.5 Å². The predicted octanol–water partition coefficient (Wildman–Crippen LogP) is 11.9. The largest absolute Gasteiger partial charge is 0.309 e. The summed E-state index contributed by atoms with van der Waals surface area (Å²) in [6.07, 6.45) is 0. The highest BCUT2D eigenvalue weighted by atomic mass is 15.0. The molecular formula is C47H30N4. The Morgan fingerprint density at radius 1 is 0.333 bits per heavy atom. The zero-order valence-electron chi connectivity index (χ0n) is 27.6. The van der Waals surface area contributed by atoms with Crippen LogP contribution < -0.4 is 0 Å². The molecule has 0 atom stereocenters. The standard InChI is InChI=1S/C47H30N4/c1-2-14-34(15-3-1)45-48-46(35-26-24-33(25-27-35)39-22-11-16-31-12-4-6-19-38(31)39)50-47(49-45)36-17-10-18-37(30-36)51-43-23-9-8-21-41(43)42-29-28-32-13-5-7-20-40(32)44(42)51/h1-30H. The second kappa shape index (κ2) is 11.9. The van der Waals surface area contributed by atoms with Crippen LogP contribution in [0.4, 0.5) is 0 Å². The normalized spacial score (nSPS) is 11.5. The van der Waals surface area contributed by atoms with Crippen LogP contribution in [0.25, 0.3) is 94.3 Å². The first-order chi connectivity index (χ1) is 25.3. The maximum Gasteiger partial charge on any atom is 0.164 e. The molecule has 4 heteroatoms. The van der Waals surface area contributed by atoms with E-state index in [9.17, 15) is 0 Å². The molecule has 0 amide bonds. The van der Waals surface area contributed by atoms with Gasteiger partial charge in [0.25, 0.3) is 0 Å². The molecule has 8 aromatic carbocycles. The van der Waals surface area contributed by atoms with E-state index in [1.165, 1.54) is 43.4 Å². The van der Waals surface area contributed by atoms with Crippen LogP contribution in [0, 0.1) is 0 Å². The second-order valence-electron chi connectivity index (χ2n) is 12.9. The Bertz CT molecular complexity index is 2900. The smallest absolute Gasteiger partial charge is 0.164 e. The summed E-state index contributed by atoms with van der Waals surface area (Å²) >= 11 is 0. The number of hydrogen-bond acceptors (Lipinski definition) is 3. The monoisotopic (exact) mass is 650 g/mol. The van der Waals surface area contributed by atoms with E-state index in [-0.39, 0.29) is 0 Å². The third-order valence-corrected chi connectivity index (χ3v) is 9.83. The highest BCUT2D eigenvalue weighted by Gasteiger charge is 2.17. The minimum atomic E-state index is 0.629. The predicted molar refractivity (Wildman–Crippen MR) is 211 cm³/mol. The molecule has 0 saturated heterocycles. The first-order valence-corrected chi connectivity index (χ1v) is 17.2. The van der Waals surface area contributed by atoms with Crippen molar-refractivity contribution < 1.29 is 0 Å². The second-order valence-corrected chi connectivity index (χ2v) is 12.9. The topological polar surface area (TPSA) is 43.6 Å². The molecule has 2 heterocycles. The van der Waals surface area contributed by atoms with Crippen molar-refractivity contribution >= 4 is 43.4 Å². The number of nitrogens with zero attached hydrogens (tertiary/aromatic N) is 4. The molecule has 0 aliphatic carbocycles. The van der Waals surface area contributed by atoms with E-state index in [0.717, 1.165) is 33.5 Å². The summed E-state index contributed by atoms with van der Waals surface area (Å²) < 4.78 is 2.38. The van der Waals surface area contributed by atoms with Crippen LogP contribution >= 0.6 is 0 Å². The van der Waals surface area contributed by atoms with E-state index in [4.69, 9.17) is 15.0 Å². The summed E-state index contributed by atoms with van der Waals surface area (Å²) in [4.78, 5) is 15.2. The number of fused-ring (bicyclic) bond motifs is 6. The molecular weight excluding hydrogens is 621 g/mol. The zero-order valence-corrected chi connectivity index (χ0v) is 27.6. The van der Waals surface area contributed by atoms with Crippen LogP contribution in [0.2, 0.25) is 0 Å². The van der Waals surface area contributed by atoms with Gasteiger partial charge in [0.1, 0.15) is 0 Å². The lowest BCUT2D eigenvalue weighted by molar-refractivity contribution is 1.07. The number of hydrogen-bond donors (Lipinski definition) is 0. The number of aromatic nitrogens is 4. The lowest BCUT2D eigenvalue weighted by Crippen LogP contribution is -2.01. The van der Waals surface area contributed by atoms with Crippen molar-refractivity contribution in [2.24, 2.45) is 0 Å². The Hall–Kier alpha value is -6.91. The summed E-state index contributed by atoms with van der Waals surface area (Å²) in [6.45, 7) is 0. The van der Waals surface area contributed by atoms with Crippen molar-refractivity contribution in [1.82, 2.24) is 19.5 Å². The molecule has 10 aromatic rings. The van der Waals surface area contributed by atoms with Gasteiger partial charge in [-0.2, -0.15) is 0 Å².